The second kappa shape index (κ2) is 7.92. The van der Waals surface area contributed by atoms with Crippen LogP contribution in [0.4, 0.5) is 4.79 Å². The van der Waals surface area contributed by atoms with Crippen molar-refractivity contribution in [1.29, 1.82) is 0 Å². The summed E-state index contributed by atoms with van der Waals surface area (Å²) in [5.41, 5.74) is 0. The standard InChI is InChI=1S/C10H22N4O2/c1-8(7-11-2)9(15)12-5-6-13-10(16)14(3)4/h8,11H,5-7H2,1-4H3,(H,12,15)(H,13,16). The number of nitrogens with zero attached hydrogens (tertiary/aromatic N) is 1. The number of hydrogen-bond acceptors (Lipinski definition) is 3. The van der Waals surface area contributed by atoms with Gasteiger partial charge in [-0.1, -0.05) is 6.92 Å². The maximum absolute atomic E-state index is 11.4. The molecule has 0 aromatic rings. The van der Waals surface area contributed by atoms with Gasteiger partial charge in [0.05, 0.1) is 0 Å². The molecular formula is C10H22N4O2. The van der Waals surface area contributed by atoms with Gasteiger partial charge in [-0.25, -0.2) is 4.79 Å². The highest BCUT2D eigenvalue weighted by molar-refractivity contribution is 5.78. The maximum Gasteiger partial charge on any atom is 0.316 e. The minimum Gasteiger partial charge on any atom is -0.354 e. The summed E-state index contributed by atoms with van der Waals surface area (Å²) < 4.78 is 0. The van der Waals surface area contributed by atoms with Gasteiger partial charge in [-0.3, -0.25) is 4.79 Å². The second-order valence-corrected chi connectivity index (χ2v) is 3.88. The van der Waals surface area contributed by atoms with Crippen LogP contribution in [0.25, 0.3) is 0 Å². The number of rotatable bonds is 6. The molecule has 0 aliphatic heterocycles. The van der Waals surface area contributed by atoms with E-state index in [0.717, 1.165) is 0 Å². The van der Waals surface area contributed by atoms with Crippen LogP contribution in [0.2, 0.25) is 0 Å². The molecule has 0 aliphatic rings. The monoisotopic (exact) mass is 230 g/mol. The molecule has 0 saturated heterocycles. The third kappa shape index (κ3) is 6.23. The number of amides is 3. The Morgan fingerprint density at radius 3 is 2.25 bits per heavy atom. The van der Waals surface area contributed by atoms with Crippen molar-refractivity contribution in [2.45, 2.75) is 6.92 Å². The van der Waals surface area contributed by atoms with Crippen molar-refractivity contribution in [3.05, 3.63) is 0 Å². The fourth-order valence-electron chi connectivity index (χ4n) is 1.09. The molecule has 0 fully saturated rings. The minimum absolute atomic E-state index is 0.00606. The molecule has 0 aliphatic carbocycles. The fraction of sp³-hybridized carbons (Fsp3) is 0.800. The number of hydrogen-bond donors (Lipinski definition) is 3. The third-order valence-electron chi connectivity index (χ3n) is 2.06. The summed E-state index contributed by atoms with van der Waals surface area (Å²) in [7, 11) is 5.15. The van der Waals surface area contributed by atoms with E-state index in [1.165, 1.54) is 4.90 Å². The highest BCUT2D eigenvalue weighted by atomic mass is 16.2. The Labute approximate surface area is 96.8 Å². The summed E-state index contributed by atoms with van der Waals surface area (Å²) in [4.78, 5) is 24.0. The molecule has 1 unspecified atom stereocenters. The quantitative estimate of drug-likeness (QED) is 0.525. The molecule has 94 valence electrons. The summed E-state index contributed by atoms with van der Waals surface area (Å²) in [6.45, 7) is 3.39. The SMILES string of the molecule is CNCC(C)C(=O)NCCNC(=O)N(C)C. The first-order valence-corrected chi connectivity index (χ1v) is 5.36. The zero-order chi connectivity index (χ0) is 12.6. The molecule has 0 bridgehead atoms. The van der Waals surface area contributed by atoms with Crippen LogP contribution in [-0.4, -0.2) is 57.6 Å². The van der Waals surface area contributed by atoms with Gasteiger partial charge in [-0.2, -0.15) is 0 Å². The van der Waals surface area contributed by atoms with Crippen LogP contribution in [0.5, 0.6) is 0 Å². The maximum atomic E-state index is 11.4. The molecule has 0 rings (SSSR count). The molecule has 16 heavy (non-hydrogen) atoms. The number of nitrogens with one attached hydrogen (secondary N) is 3. The van der Waals surface area contributed by atoms with Gasteiger partial charge in [0, 0.05) is 39.6 Å². The minimum atomic E-state index is -0.155. The molecule has 0 radical (unpaired) electrons. The van der Waals surface area contributed by atoms with Gasteiger partial charge in [0.2, 0.25) is 5.91 Å². The van der Waals surface area contributed by atoms with Crippen molar-refractivity contribution in [2.24, 2.45) is 5.92 Å². The van der Waals surface area contributed by atoms with Gasteiger partial charge in [0.1, 0.15) is 0 Å². The van der Waals surface area contributed by atoms with Gasteiger partial charge in [0.25, 0.3) is 0 Å². The molecule has 0 spiro atoms. The van der Waals surface area contributed by atoms with Gasteiger partial charge in [-0.15, -0.1) is 0 Å². The van der Waals surface area contributed by atoms with Crippen molar-refractivity contribution in [3.8, 4) is 0 Å². The van der Waals surface area contributed by atoms with Crippen molar-refractivity contribution in [3.63, 3.8) is 0 Å². The molecule has 6 heteroatoms. The molecule has 0 heterocycles. The van der Waals surface area contributed by atoms with Crippen molar-refractivity contribution >= 4 is 11.9 Å². The topological polar surface area (TPSA) is 73.5 Å². The van der Waals surface area contributed by atoms with E-state index in [-0.39, 0.29) is 17.9 Å². The number of carbonyl (C=O) groups is 2. The van der Waals surface area contributed by atoms with E-state index in [0.29, 0.717) is 19.6 Å². The predicted molar refractivity (Wildman–Crippen MR) is 63.2 cm³/mol. The smallest absolute Gasteiger partial charge is 0.316 e. The van der Waals surface area contributed by atoms with Crippen LogP contribution >= 0.6 is 0 Å². The Balaban J connectivity index is 3.59. The van der Waals surface area contributed by atoms with Gasteiger partial charge >= 0.3 is 6.03 Å². The van der Waals surface area contributed by atoms with Crippen molar-refractivity contribution < 1.29 is 9.59 Å². The molecule has 0 saturated carbocycles. The van der Waals surface area contributed by atoms with Crippen LogP contribution in [-0.2, 0) is 4.79 Å². The number of urea groups is 1. The van der Waals surface area contributed by atoms with Crippen LogP contribution in [0, 0.1) is 5.92 Å². The van der Waals surface area contributed by atoms with E-state index in [1.54, 1.807) is 21.1 Å². The normalized spacial score (nSPS) is 11.8. The van der Waals surface area contributed by atoms with E-state index >= 15 is 0 Å². The summed E-state index contributed by atoms with van der Waals surface area (Å²) in [6, 6.07) is -0.155. The van der Waals surface area contributed by atoms with E-state index < -0.39 is 0 Å². The zero-order valence-corrected chi connectivity index (χ0v) is 10.5. The summed E-state index contributed by atoms with van der Waals surface area (Å²) in [6.07, 6.45) is 0. The van der Waals surface area contributed by atoms with Crippen LogP contribution in [0.15, 0.2) is 0 Å². The zero-order valence-electron chi connectivity index (χ0n) is 10.5. The Bertz CT molecular complexity index is 231. The summed E-state index contributed by atoms with van der Waals surface area (Å²) in [5.74, 6) is -0.0667. The van der Waals surface area contributed by atoms with Crippen LogP contribution < -0.4 is 16.0 Å². The molecule has 3 N–H and O–H groups in total. The molecule has 3 amide bonds. The molecule has 0 aromatic heterocycles. The van der Waals surface area contributed by atoms with E-state index in [4.69, 9.17) is 0 Å². The molecular weight excluding hydrogens is 208 g/mol. The van der Waals surface area contributed by atoms with Crippen molar-refractivity contribution in [2.75, 3.05) is 40.8 Å². The largest absolute Gasteiger partial charge is 0.354 e. The Morgan fingerprint density at radius 1 is 1.19 bits per heavy atom. The molecule has 6 nitrogen and oxygen atoms in total. The lowest BCUT2D eigenvalue weighted by molar-refractivity contribution is -0.124. The molecule has 0 aromatic carbocycles. The van der Waals surface area contributed by atoms with E-state index in [9.17, 15) is 9.59 Å². The Kier molecular flexibility index (Phi) is 7.28. The first-order valence-electron chi connectivity index (χ1n) is 5.36. The Morgan fingerprint density at radius 2 is 1.75 bits per heavy atom. The van der Waals surface area contributed by atoms with Crippen LogP contribution in [0.3, 0.4) is 0 Å². The third-order valence-corrected chi connectivity index (χ3v) is 2.06. The summed E-state index contributed by atoms with van der Waals surface area (Å²) in [5, 5.41) is 8.35. The number of carbonyl (C=O) groups excluding carboxylic acids is 2. The van der Waals surface area contributed by atoms with E-state index in [1.807, 2.05) is 6.92 Å². The van der Waals surface area contributed by atoms with Crippen LogP contribution in [0.1, 0.15) is 6.92 Å². The average Bonchev–Trinajstić information content (AvgIpc) is 2.23. The lowest BCUT2D eigenvalue weighted by Gasteiger charge is -2.14. The second-order valence-electron chi connectivity index (χ2n) is 3.88. The summed E-state index contributed by atoms with van der Waals surface area (Å²) >= 11 is 0. The highest BCUT2D eigenvalue weighted by Crippen LogP contribution is 1.90. The molecule has 1 atom stereocenters. The lowest BCUT2D eigenvalue weighted by atomic mass is 10.1. The highest BCUT2D eigenvalue weighted by Gasteiger charge is 2.10. The first-order chi connectivity index (χ1) is 7.49. The van der Waals surface area contributed by atoms with Crippen molar-refractivity contribution in [1.82, 2.24) is 20.9 Å². The average molecular weight is 230 g/mol. The van der Waals surface area contributed by atoms with Gasteiger partial charge in [0.15, 0.2) is 0 Å². The predicted octanol–water partition coefficient (Wildman–Crippen LogP) is -0.771. The van der Waals surface area contributed by atoms with Gasteiger partial charge in [-0.05, 0) is 7.05 Å². The first kappa shape index (κ1) is 14.7. The van der Waals surface area contributed by atoms with Gasteiger partial charge < -0.3 is 20.9 Å². The Hall–Kier alpha value is -1.30. The van der Waals surface area contributed by atoms with E-state index in [2.05, 4.69) is 16.0 Å². The fourth-order valence-corrected chi connectivity index (χ4v) is 1.09. The lowest BCUT2D eigenvalue weighted by Crippen LogP contribution is -2.41.